The van der Waals surface area contributed by atoms with Crippen LogP contribution < -0.4 is 9.80 Å². The van der Waals surface area contributed by atoms with Crippen LogP contribution in [0, 0.1) is 0 Å². The standard InChI is InChI=1S/C42H40N2/c1-6-16-36(17-7-1)43(37-18-8-2-9-19-37)40-28-24-34(25-29-40)42(32-14-5-15-33-42)35-26-30-41(31-27-35)44(38-20-10-3-11-21-38)39-22-12-4-13-23-39/h1-4,6-13,16-22,24-31,39H,5,14-15,23,32-33H2. The van der Waals surface area contributed by atoms with Crippen molar-refractivity contribution in [2.24, 2.45) is 0 Å². The Balaban J connectivity index is 1.23. The van der Waals surface area contributed by atoms with Gasteiger partial charge in [-0.25, -0.2) is 0 Å². The molecule has 0 heterocycles. The minimum absolute atomic E-state index is 0.0324. The largest absolute Gasteiger partial charge is 0.334 e. The molecule has 2 aliphatic rings. The van der Waals surface area contributed by atoms with Crippen molar-refractivity contribution in [2.45, 2.75) is 50.0 Å². The highest BCUT2D eigenvalue weighted by Gasteiger charge is 2.36. The summed E-state index contributed by atoms with van der Waals surface area (Å²) in [7, 11) is 0. The van der Waals surface area contributed by atoms with Crippen LogP contribution in [0.25, 0.3) is 0 Å². The molecule has 0 saturated heterocycles. The Labute approximate surface area is 262 Å². The van der Waals surface area contributed by atoms with E-state index in [0.717, 1.165) is 6.42 Å². The fraction of sp³-hybridized carbons (Fsp3) is 0.190. The molecule has 2 nitrogen and oxygen atoms in total. The summed E-state index contributed by atoms with van der Waals surface area (Å²) in [6, 6.07) is 51.4. The van der Waals surface area contributed by atoms with Crippen molar-refractivity contribution in [1.29, 1.82) is 0 Å². The first-order chi connectivity index (χ1) is 21.8. The number of para-hydroxylation sites is 3. The van der Waals surface area contributed by atoms with Gasteiger partial charge in [0.1, 0.15) is 0 Å². The number of nitrogens with zero attached hydrogens (tertiary/aromatic N) is 2. The molecular formula is C42H40N2. The van der Waals surface area contributed by atoms with Crippen molar-refractivity contribution in [3.05, 3.63) is 175 Å². The van der Waals surface area contributed by atoms with Crippen LogP contribution in [0.3, 0.4) is 0 Å². The Bertz CT molecular complexity index is 1640. The topological polar surface area (TPSA) is 6.48 Å². The van der Waals surface area contributed by atoms with Gasteiger partial charge in [0.05, 0.1) is 6.04 Å². The van der Waals surface area contributed by atoms with Crippen molar-refractivity contribution < 1.29 is 0 Å². The van der Waals surface area contributed by atoms with Gasteiger partial charge < -0.3 is 9.80 Å². The molecule has 0 aromatic heterocycles. The summed E-state index contributed by atoms with van der Waals surface area (Å²) in [6.45, 7) is 0. The van der Waals surface area contributed by atoms with Gasteiger partial charge in [-0.2, -0.15) is 0 Å². The number of hydrogen-bond acceptors (Lipinski definition) is 2. The van der Waals surface area contributed by atoms with Crippen molar-refractivity contribution in [3.8, 4) is 0 Å². The summed E-state index contributed by atoms with van der Waals surface area (Å²) in [5.41, 5.74) is 8.88. The Morgan fingerprint density at radius 1 is 0.455 bits per heavy atom. The molecule has 0 aliphatic heterocycles. The van der Waals surface area contributed by atoms with Crippen LogP contribution in [-0.4, -0.2) is 6.04 Å². The SMILES string of the molecule is C1=CCC(N(c2ccccc2)c2ccc(C3(c4ccc(N(c5ccccc5)c5ccccc5)cc4)CCCCC3)cc2)C=C1. The zero-order valence-electron chi connectivity index (χ0n) is 25.3. The molecule has 1 saturated carbocycles. The van der Waals surface area contributed by atoms with Gasteiger partial charge in [-0.05, 0) is 91.1 Å². The molecule has 2 heteroatoms. The molecule has 0 radical (unpaired) electrons. The zero-order chi connectivity index (χ0) is 29.6. The van der Waals surface area contributed by atoms with E-state index >= 15 is 0 Å². The van der Waals surface area contributed by atoms with Gasteiger partial charge in [0, 0.05) is 33.9 Å². The van der Waals surface area contributed by atoms with E-state index in [1.807, 2.05) is 0 Å². The highest BCUT2D eigenvalue weighted by molar-refractivity contribution is 5.76. The second-order valence-electron chi connectivity index (χ2n) is 12.1. The first-order valence-electron chi connectivity index (χ1n) is 16.1. The van der Waals surface area contributed by atoms with Gasteiger partial charge in [-0.3, -0.25) is 0 Å². The lowest BCUT2D eigenvalue weighted by Crippen LogP contribution is -2.31. The number of allylic oxidation sites excluding steroid dienone is 2. The molecule has 5 aromatic rings. The number of anilines is 5. The molecule has 0 spiro atoms. The lowest BCUT2D eigenvalue weighted by Gasteiger charge is -2.39. The predicted octanol–water partition coefficient (Wildman–Crippen LogP) is 11.4. The minimum atomic E-state index is 0.0324. The molecule has 1 fully saturated rings. The van der Waals surface area contributed by atoms with E-state index in [9.17, 15) is 0 Å². The summed E-state index contributed by atoms with van der Waals surface area (Å²) < 4.78 is 0. The van der Waals surface area contributed by atoms with Gasteiger partial charge in [-0.1, -0.05) is 122 Å². The molecule has 218 valence electrons. The van der Waals surface area contributed by atoms with Gasteiger partial charge in [-0.15, -0.1) is 0 Å². The van der Waals surface area contributed by atoms with E-state index in [1.54, 1.807) is 0 Å². The zero-order valence-corrected chi connectivity index (χ0v) is 25.3. The Kier molecular flexibility index (Phi) is 8.15. The van der Waals surface area contributed by atoms with Crippen molar-refractivity contribution in [3.63, 3.8) is 0 Å². The van der Waals surface area contributed by atoms with E-state index < -0.39 is 0 Å². The van der Waals surface area contributed by atoms with Crippen LogP contribution in [-0.2, 0) is 5.41 Å². The lowest BCUT2D eigenvalue weighted by molar-refractivity contribution is 0.346. The first kappa shape index (κ1) is 28.0. The molecule has 5 aromatic carbocycles. The summed E-state index contributed by atoms with van der Waals surface area (Å²) in [6.07, 6.45) is 16.1. The van der Waals surface area contributed by atoms with Gasteiger partial charge in [0.25, 0.3) is 0 Å². The van der Waals surface area contributed by atoms with E-state index in [0.29, 0.717) is 6.04 Å². The normalized spacial score (nSPS) is 17.2. The molecule has 2 aliphatic carbocycles. The second kappa shape index (κ2) is 12.8. The number of benzene rings is 5. The molecule has 0 bridgehead atoms. The highest BCUT2D eigenvalue weighted by Crippen LogP contribution is 2.46. The average molecular weight is 573 g/mol. The maximum absolute atomic E-state index is 2.48. The summed E-state index contributed by atoms with van der Waals surface area (Å²) in [4.78, 5) is 4.83. The molecule has 7 rings (SSSR count). The predicted molar refractivity (Wildman–Crippen MR) is 187 cm³/mol. The van der Waals surface area contributed by atoms with Crippen LogP contribution in [0.15, 0.2) is 164 Å². The fourth-order valence-electron chi connectivity index (χ4n) is 7.25. The Morgan fingerprint density at radius 2 is 0.909 bits per heavy atom. The first-order valence-corrected chi connectivity index (χ1v) is 16.1. The molecule has 0 N–H and O–H groups in total. The van der Waals surface area contributed by atoms with Crippen molar-refractivity contribution >= 4 is 28.4 Å². The summed E-state index contributed by atoms with van der Waals surface area (Å²) in [5.74, 6) is 0. The molecule has 44 heavy (non-hydrogen) atoms. The average Bonchev–Trinajstić information content (AvgIpc) is 3.11. The van der Waals surface area contributed by atoms with Crippen LogP contribution in [0.5, 0.6) is 0 Å². The van der Waals surface area contributed by atoms with Crippen LogP contribution in [0.4, 0.5) is 28.4 Å². The van der Waals surface area contributed by atoms with Gasteiger partial charge in [0.15, 0.2) is 0 Å². The molecule has 1 atom stereocenters. The van der Waals surface area contributed by atoms with Crippen molar-refractivity contribution in [2.75, 3.05) is 9.80 Å². The molecular weight excluding hydrogens is 532 g/mol. The third-order valence-corrected chi connectivity index (χ3v) is 9.44. The van der Waals surface area contributed by atoms with Gasteiger partial charge >= 0.3 is 0 Å². The fourth-order valence-corrected chi connectivity index (χ4v) is 7.25. The third-order valence-electron chi connectivity index (χ3n) is 9.44. The van der Waals surface area contributed by atoms with E-state index in [-0.39, 0.29) is 5.41 Å². The maximum atomic E-state index is 2.48. The quantitative estimate of drug-likeness (QED) is 0.182. The monoisotopic (exact) mass is 572 g/mol. The smallest absolute Gasteiger partial charge is 0.0559 e. The molecule has 1 unspecified atom stereocenters. The van der Waals surface area contributed by atoms with Gasteiger partial charge in [0.2, 0.25) is 0 Å². The number of hydrogen-bond donors (Lipinski definition) is 0. The Morgan fingerprint density at radius 3 is 1.41 bits per heavy atom. The number of rotatable bonds is 8. The van der Waals surface area contributed by atoms with Crippen LogP contribution in [0.2, 0.25) is 0 Å². The highest BCUT2D eigenvalue weighted by atomic mass is 15.2. The third kappa shape index (κ3) is 5.61. The molecule has 0 amide bonds. The van der Waals surface area contributed by atoms with E-state index in [4.69, 9.17) is 0 Å². The maximum Gasteiger partial charge on any atom is 0.0559 e. The van der Waals surface area contributed by atoms with Crippen LogP contribution >= 0.6 is 0 Å². The Hall–Kier alpha value is -4.82. The lowest BCUT2D eigenvalue weighted by atomic mass is 9.65. The van der Waals surface area contributed by atoms with E-state index in [1.165, 1.54) is 71.7 Å². The van der Waals surface area contributed by atoms with E-state index in [2.05, 4.69) is 174 Å². The summed E-state index contributed by atoms with van der Waals surface area (Å²) in [5, 5.41) is 0. The van der Waals surface area contributed by atoms with Crippen LogP contribution in [0.1, 0.15) is 49.7 Å². The van der Waals surface area contributed by atoms with Crippen molar-refractivity contribution in [1.82, 2.24) is 0 Å². The second-order valence-corrected chi connectivity index (χ2v) is 12.1. The summed E-state index contributed by atoms with van der Waals surface area (Å²) >= 11 is 0. The minimum Gasteiger partial charge on any atom is -0.334 e.